The van der Waals surface area contributed by atoms with Gasteiger partial charge < -0.3 is 0 Å². The van der Waals surface area contributed by atoms with Crippen LogP contribution in [0.25, 0.3) is 127 Å². The summed E-state index contributed by atoms with van der Waals surface area (Å²) in [4.78, 5) is 11.3. The third-order valence-electron chi connectivity index (χ3n) is 11.9. The number of hydrogen-bond donors (Lipinski definition) is 0. The maximum atomic E-state index is 5.25. The number of nitrogens with zero attached hydrogens (tertiary/aromatic N) is 2. The number of fused-ring (bicyclic) bond motifs is 13. The van der Waals surface area contributed by atoms with E-state index in [0.29, 0.717) is 0 Å². The molecule has 274 valence electrons. The molecule has 0 N–H and O–H groups in total. The van der Waals surface area contributed by atoms with Crippen LogP contribution in [0.5, 0.6) is 0 Å². The van der Waals surface area contributed by atoms with Crippen LogP contribution in [0.15, 0.2) is 182 Å². The van der Waals surface area contributed by atoms with Crippen molar-refractivity contribution in [3.63, 3.8) is 0 Å². The van der Waals surface area contributed by atoms with Gasteiger partial charge >= 0.3 is 0 Å². The monoisotopic (exact) mass is 802 g/mol. The molecule has 0 radical (unpaired) electrons. The Balaban J connectivity index is 0.894. The van der Waals surface area contributed by atoms with Crippen molar-refractivity contribution in [3.8, 4) is 44.6 Å². The van der Waals surface area contributed by atoms with Crippen LogP contribution in [0.1, 0.15) is 0 Å². The second kappa shape index (κ2) is 12.9. The normalized spacial score (nSPS) is 12.1. The van der Waals surface area contributed by atoms with E-state index in [9.17, 15) is 0 Å². The average molecular weight is 803 g/mol. The van der Waals surface area contributed by atoms with Gasteiger partial charge in [-0.05, 0) is 92.3 Å². The third-order valence-corrected chi connectivity index (χ3v) is 15.4. The molecule has 0 bridgehead atoms. The van der Waals surface area contributed by atoms with Crippen molar-refractivity contribution in [2.75, 3.05) is 0 Å². The van der Waals surface area contributed by atoms with Crippen molar-refractivity contribution in [2.45, 2.75) is 0 Å². The topological polar surface area (TPSA) is 25.8 Å². The fraction of sp³-hybridized carbons (Fsp3) is 0. The van der Waals surface area contributed by atoms with Gasteiger partial charge in [-0.15, -0.1) is 34.0 Å². The van der Waals surface area contributed by atoms with E-state index in [1.807, 2.05) is 28.9 Å². The predicted molar refractivity (Wildman–Crippen MR) is 257 cm³/mol. The highest BCUT2D eigenvalue weighted by molar-refractivity contribution is 7.27. The summed E-state index contributed by atoms with van der Waals surface area (Å²) >= 11 is 5.48. The van der Waals surface area contributed by atoms with Gasteiger partial charge in [0.1, 0.15) is 10.3 Å². The van der Waals surface area contributed by atoms with E-state index in [4.69, 9.17) is 9.97 Å². The van der Waals surface area contributed by atoms with Crippen molar-refractivity contribution in [1.29, 1.82) is 0 Å². The summed E-state index contributed by atoms with van der Waals surface area (Å²) in [6.45, 7) is 0. The lowest BCUT2D eigenvalue weighted by Crippen LogP contribution is -1.88. The number of rotatable bonds is 4. The minimum Gasteiger partial charge on any atom is -0.251 e. The first kappa shape index (κ1) is 33.2. The van der Waals surface area contributed by atoms with Crippen LogP contribution < -0.4 is 0 Å². The third kappa shape index (κ3) is 5.16. The summed E-state index contributed by atoms with van der Waals surface area (Å²) in [6.07, 6.45) is 1.95. The largest absolute Gasteiger partial charge is 0.251 e. The summed E-state index contributed by atoms with van der Waals surface area (Å²) in [5.74, 6) is 0. The Kier molecular flexibility index (Phi) is 7.25. The molecule has 0 fully saturated rings. The molecule has 0 aliphatic carbocycles. The van der Waals surface area contributed by atoms with Crippen LogP contribution in [0.4, 0.5) is 0 Å². The van der Waals surface area contributed by atoms with Gasteiger partial charge in [-0.3, -0.25) is 4.98 Å². The fourth-order valence-corrected chi connectivity index (χ4v) is 12.7. The summed E-state index contributed by atoms with van der Waals surface area (Å²) < 4.78 is 6.48. The first-order valence-corrected chi connectivity index (χ1v) is 22.2. The minimum atomic E-state index is 0.884. The van der Waals surface area contributed by atoms with E-state index in [1.165, 1.54) is 100.0 Å². The van der Waals surface area contributed by atoms with Crippen LogP contribution in [-0.4, -0.2) is 9.97 Å². The van der Waals surface area contributed by atoms with Gasteiger partial charge in [-0.25, -0.2) is 4.98 Å². The highest BCUT2D eigenvalue weighted by atomic mass is 32.1. The number of hydrogen-bond acceptors (Lipinski definition) is 5. The van der Waals surface area contributed by atoms with Crippen LogP contribution in [0.3, 0.4) is 0 Å². The molecule has 13 rings (SSSR count). The first-order chi connectivity index (χ1) is 29.2. The van der Waals surface area contributed by atoms with Crippen LogP contribution in [-0.2, 0) is 0 Å². The van der Waals surface area contributed by atoms with Crippen molar-refractivity contribution in [2.24, 2.45) is 0 Å². The molecular formula is C54H30N2S3. The lowest BCUT2D eigenvalue weighted by atomic mass is 9.94. The van der Waals surface area contributed by atoms with Gasteiger partial charge in [-0.2, -0.15) is 0 Å². The van der Waals surface area contributed by atoms with Gasteiger partial charge in [0.15, 0.2) is 0 Å². The Labute approximate surface area is 350 Å². The lowest BCUT2D eigenvalue weighted by molar-refractivity contribution is 1.32. The standard InChI is InChI=1S/C54H30N2S3/c1-3-17-38-35(11-1)28-42(52-49(38)40-19-5-7-21-46(40)57-52)33-14-9-13-31(25-33)32-23-24-48-44(27-32)51-54(59-48)56-45(30-55-51)37-16-10-15-34(26-37)43-29-36-12-2-4-18-39(36)50-41-20-6-8-22-47(41)58-53(43)50/h1-30H. The van der Waals surface area contributed by atoms with Crippen molar-refractivity contribution < 1.29 is 0 Å². The maximum Gasteiger partial charge on any atom is 0.143 e. The Morgan fingerprint density at radius 2 is 0.864 bits per heavy atom. The highest BCUT2D eigenvalue weighted by Crippen LogP contribution is 2.47. The summed E-state index contributed by atoms with van der Waals surface area (Å²) in [5, 5.41) is 11.6. The van der Waals surface area contributed by atoms with Gasteiger partial charge in [-0.1, -0.05) is 127 Å². The molecular weight excluding hydrogens is 773 g/mol. The van der Waals surface area contributed by atoms with Gasteiger partial charge in [0.25, 0.3) is 0 Å². The summed E-state index contributed by atoms with van der Waals surface area (Å²) in [6, 6.07) is 64.5. The number of thiophene rings is 3. The highest BCUT2D eigenvalue weighted by Gasteiger charge is 2.18. The molecule has 4 aromatic heterocycles. The molecule has 0 aliphatic heterocycles. The molecule has 0 atom stereocenters. The lowest BCUT2D eigenvalue weighted by Gasteiger charge is -2.10. The van der Waals surface area contributed by atoms with Gasteiger partial charge in [0.05, 0.1) is 11.9 Å². The van der Waals surface area contributed by atoms with E-state index in [0.717, 1.165) is 27.0 Å². The van der Waals surface area contributed by atoms with E-state index < -0.39 is 0 Å². The molecule has 0 spiro atoms. The van der Waals surface area contributed by atoms with Crippen LogP contribution in [0, 0.1) is 0 Å². The maximum absolute atomic E-state index is 5.25. The molecule has 0 saturated heterocycles. The van der Waals surface area contributed by atoms with Crippen molar-refractivity contribution in [1.82, 2.24) is 9.97 Å². The summed E-state index contributed by atoms with van der Waals surface area (Å²) in [5.41, 5.74) is 10.2. The zero-order chi connectivity index (χ0) is 38.6. The second-order valence-corrected chi connectivity index (χ2v) is 18.4. The quantitative estimate of drug-likeness (QED) is 0.177. The molecule has 9 aromatic carbocycles. The van der Waals surface area contributed by atoms with Crippen LogP contribution >= 0.6 is 34.0 Å². The van der Waals surface area contributed by atoms with E-state index >= 15 is 0 Å². The Bertz CT molecular complexity index is 3870. The van der Waals surface area contributed by atoms with Crippen molar-refractivity contribution in [3.05, 3.63) is 182 Å². The molecule has 13 aromatic rings. The van der Waals surface area contributed by atoms with E-state index in [-0.39, 0.29) is 0 Å². The Hall–Kier alpha value is -6.76. The SMILES string of the molecule is c1cc(-c2ccc3sc4nc(-c5cccc(-c6cc7ccccc7c7c6sc6ccccc67)c5)cnc4c3c2)cc(-c2cc3ccccc3c3c2sc2ccccc23)c1. The zero-order valence-electron chi connectivity index (χ0n) is 31.4. The smallest absolute Gasteiger partial charge is 0.143 e. The average Bonchev–Trinajstić information content (AvgIpc) is 4.00. The number of aromatic nitrogens is 2. The van der Waals surface area contributed by atoms with E-state index in [2.05, 4.69) is 176 Å². The summed E-state index contributed by atoms with van der Waals surface area (Å²) in [7, 11) is 0. The molecule has 4 heterocycles. The predicted octanol–water partition coefficient (Wildman–Crippen LogP) is 16.6. The second-order valence-electron chi connectivity index (χ2n) is 15.3. The van der Waals surface area contributed by atoms with Crippen molar-refractivity contribution >= 4 is 116 Å². The van der Waals surface area contributed by atoms with Gasteiger partial charge in [0, 0.05) is 67.1 Å². The molecule has 0 saturated carbocycles. The molecule has 2 nitrogen and oxygen atoms in total. The minimum absolute atomic E-state index is 0.884. The van der Waals surface area contributed by atoms with Crippen LogP contribution in [0.2, 0.25) is 0 Å². The fourth-order valence-electron chi connectivity index (χ4n) is 9.14. The number of benzene rings is 9. The van der Waals surface area contributed by atoms with E-state index in [1.54, 1.807) is 11.3 Å². The van der Waals surface area contributed by atoms with Gasteiger partial charge in [0.2, 0.25) is 0 Å². The molecule has 5 heteroatoms. The molecule has 59 heavy (non-hydrogen) atoms. The molecule has 0 aliphatic rings. The molecule has 0 amide bonds. The first-order valence-electron chi connectivity index (χ1n) is 19.8. The Morgan fingerprint density at radius 1 is 0.356 bits per heavy atom. The molecule has 0 unspecified atom stereocenters. The zero-order valence-corrected chi connectivity index (χ0v) is 33.9. The Morgan fingerprint density at radius 3 is 1.51 bits per heavy atom.